The number of rotatable bonds is 7. The summed E-state index contributed by atoms with van der Waals surface area (Å²) in [6, 6.07) is 18.5. The zero-order valence-corrected chi connectivity index (χ0v) is 23.2. The van der Waals surface area contributed by atoms with E-state index in [0.29, 0.717) is 34.0 Å². The lowest BCUT2D eigenvalue weighted by Crippen LogP contribution is -2.40. The zero-order valence-electron chi connectivity index (χ0n) is 20.8. The molecule has 0 radical (unpaired) electrons. The third kappa shape index (κ3) is 6.85. The van der Waals surface area contributed by atoms with Gasteiger partial charge in [-0.2, -0.15) is 0 Å². The van der Waals surface area contributed by atoms with Crippen LogP contribution in [0.4, 0.5) is 5.69 Å². The summed E-state index contributed by atoms with van der Waals surface area (Å²) >= 11 is 7.97. The zero-order chi connectivity index (χ0) is 25.9. The lowest BCUT2D eigenvalue weighted by atomic mass is 9.92. The van der Waals surface area contributed by atoms with Crippen LogP contribution in [0.25, 0.3) is 10.4 Å². The van der Waals surface area contributed by atoms with Gasteiger partial charge in [-0.25, -0.2) is 13.4 Å². The van der Waals surface area contributed by atoms with Gasteiger partial charge < -0.3 is 5.73 Å². The van der Waals surface area contributed by atoms with Crippen LogP contribution in [0.15, 0.2) is 82.3 Å². The van der Waals surface area contributed by atoms with Gasteiger partial charge in [-0.1, -0.05) is 49.7 Å². The van der Waals surface area contributed by atoms with Crippen molar-refractivity contribution in [3.63, 3.8) is 0 Å². The van der Waals surface area contributed by atoms with Crippen molar-refractivity contribution >= 4 is 44.2 Å². The molecular weight excluding hydrogens is 510 g/mol. The number of piperidine rings is 1. The van der Waals surface area contributed by atoms with Crippen molar-refractivity contribution in [2.24, 2.45) is 22.6 Å². The molecule has 2 N–H and O–H groups in total. The summed E-state index contributed by atoms with van der Waals surface area (Å²) in [6.07, 6.45) is 4.41. The van der Waals surface area contributed by atoms with Crippen molar-refractivity contribution in [1.82, 2.24) is 4.90 Å². The molecule has 0 bridgehead atoms. The Hall–Kier alpha value is -2.45. The van der Waals surface area contributed by atoms with Crippen LogP contribution >= 0.6 is 22.9 Å². The predicted octanol–water partition coefficient (Wildman–Crippen LogP) is 6.41. The molecule has 190 valence electrons. The van der Waals surface area contributed by atoms with E-state index >= 15 is 0 Å². The van der Waals surface area contributed by atoms with Gasteiger partial charge in [0.05, 0.1) is 26.2 Å². The van der Waals surface area contributed by atoms with E-state index in [1.165, 1.54) is 12.7 Å². The molecule has 1 aliphatic rings. The maximum atomic E-state index is 12.0. The molecule has 1 aliphatic heterocycles. The molecule has 3 aromatic rings. The number of nitrogens with two attached hydrogens (primary N) is 1. The van der Waals surface area contributed by atoms with Gasteiger partial charge >= 0.3 is 0 Å². The highest BCUT2D eigenvalue weighted by Gasteiger charge is 2.22. The van der Waals surface area contributed by atoms with Crippen molar-refractivity contribution in [3.8, 4) is 10.4 Å². The van der Waals surface area contributed by atoms with Crippen LogP contribution in [0.1, 0.15) is 25.1 Å². The molecule has 4 rings (SSSR count). The fraction of sp³-hybridized carbons (Fsp3) is 0.321. The molecular formula is C28H32ClN3O2S2. The summed E-state index contributed by atoms with van der Waals surface area (Å²) in [7, 11) is -3.29. The third-order valence-corrected chi connectivity index (χ3v) is 8.76. The van der Waals surface area contributed by atoms with Crippen molar-refractivity contribution < 1.29 is 8.42 Å². The Balaban J connectivity index is 1.68. The van der Waals surface area contributed by atoms with E-state index in [2.05, 4.69) is 18.7 Å². The van der Waals surface area contributed by atoms with E-state index in [0.717, 1.165) is 39.8 Å². The molecule has 0 aliphatic carbocycles. The second-order valence-corrected chi connectivity index (χ2v) is 13.3. The second kappa shape index (κ2) is 11.3. The summed E-state index contributed by atoms with van der Waals surface area (Å²) in [5.41, 5.74) is 9.55. The van der Waals surface area contributed by atoms with Crippen LogP contribution in [-0.4, -0.2) is 44.9 Å². The predicted molar refractivity (Wildman–Crippen MR) is 152 cm³/mol. The van der Waals surface area contributed by atoms with Crippen molar-refractivity contribution in [2.75, 3.05) is 25.9 Å². The highest BCUT2D eigenvalue weighted by molar-refractivity contribution is 7.90. The topological polar surface area (TPSA) is 75.8 Å². The number of allylic oxidation sites excluding steroid dienone is 1. The van der Waals surface area contributed by atoms with Crippen molar-refractivity contribution in [3.05, 3.63) is 82.3 Å². The number of likely N-dealkylation sites (tertiary alicyclic amines) is 1. The maximum absolute atomic E-state index is 12.0. The Labute approximate surface area is 223 Å². The van der Waals surface area contributed by atoms with Crippen LogP contribution in [0.5, 0.6) is 0 Å². The number of halogens is 1. The first-order valence-electron chi connectivity index (χ1n) is 12.0. The molecule has 5 nitrogen and oxygen atoms in total. The number of hydrogen-bond donors (Lipinski definition) is 1. The first-order valence-corrected chi connectivity index (χ1v) is 15.1. The molecule has 0 amide bonds. The van der Waals surface area contributed by atoms with Gasteiger partial charge in [0.15, 0.2) is 9.84 Å². The number of para-hydroxylation sites is 1. The molecule has 2 atom stereocenters. The van der Waals surface area contributed by atoms with E-state index in [9.17, 15) is 8.42 Å². The fourth-order valence-corrected chi connectivity index (χ4v) is 6.55. The summed E-state index contributed by atoms with van der Waals surface area (Å²) in [5, 5.41) is 0.568. The standard InChI is InChI=1S/C28H32ClN3O2S2/c1-19-13-20(2)17-32(16-19)18-22(30)15-26(31-25-10-5-4-9-24(25)29)28-12-11-27(35-28)21-7-6-8-23(14-21)36(3,33)34/h4-12,14-15,19-20H,13,16-18,30H2,1-3H3/b22-15-,31-26?. The van der Waals surface area contributed by atoms with E-state index in [1.807, 2.05) is 48.5 Å². The summed E-state index contributed by atoms with van der Waals surface area (Å²) in [6.45, 7) is 7.34. The van der Waals surface area contributed by atoms with E-state index < -0.39 is 9.84 Å². The van der Waals surface area contributed by atoms with Crippen LogP contribution in [0, 0.1) is 11.8 Å². The van der Waals surface area contributed by atoms with Gasteiger partial charge in [0.2, 0.25) is 0 Å². The number of thiophene rings is 1. The van der Waals surface area contributed by atoms with Crippen molar-refractivity contribution in [1.29, 1.82) is 0 Å². The quantitative estimate of drug-likeness (QED) is 0.350. The number of hydrogen-bond acceptors (Lipinski definition) is 6. The van der Waals surface area contributed by atoms with Crippen LogP contribution in [0.2, 0.25) is 5.02 Å². The number of sulfone groups is 1. The molecule has 2 aromatic carbocycles. The molecule has 2 unspecified atom stereocenters. The number of aliphatic imine (C=N–C) groups is 1. The molecule has 1 saturated heterocycles. The maximum Gasteiger partial charge on any atom is 0.175 e. The highest BCUT2D eigenvalue weighted by atomic mass is 35.5. The van der Waals surface area contributed by atoms with Gasteiger partial charge in [0, 0.05) is 36.5 Å². The van der Waals surface area contributed by atoms with Gasteiger partial charge in [-0.05, 0) is 66.3 Å². The summed E-state index contributed by atoms with van der Waals surface area (Å²) in [4.78, 5) is 9.47. The van der Waals surface area contributed by atoms with Crippen LogP contribution < -0.4 is 5.73 Å². The monoisotopic (exact) mass is 541 g/mol. The Morgan fingerprint density at radius 3 is 2.53 bits per heavy atom. The minimum atomic E-state index is -3.29. The molecule has 0 spiro atoms. The van der Waals surface area contributed by atoms with Gasteiger partial charge in [-0.15, -0.1) is 11.3 Å². The first-order chi connectivity index (χ1) is 17.1. The minimum Gasteiger partial charge on any atom is -0.401 e. The highest BCUT2D eigenvalue weighted by Crippen LogP contribution is 2.32. The largest absolute Gasteiger partial charge is 0.401 e. The molecule has 0 saturated carbocycles. The smallest absolute Gasteiger partial charge is 0.175 e. The normalized spacial score (nSPS) is 20.0. The van der Waals surface area contributed by atoms with E-state index in [1.54, 1.807) is 29.5 Å². The van der Waals surface area contributed by atoms with Gasteiger partial charge in [0.25, 0.3) is 0 Å². The van der Waals surface area contributed by atoms with Gasteiger partial charge in [0.1, 0.15) is 0 Å². The Kier molecular flexibility index (Phi) is 8.35. The third-order valence-electron chi connectivity index (χ3n) is 6.17. The first kappa shape index (κ1) is 26.6. The Bertz CT molecular complexity index is 1390. The van der Waals surface area contributed by atoms with E-state index in [-0.39, 0.29) is 0 Å². The Morgan fingerprint density at radius 2 is 1.83 bits per heavy atom. The van der Waals surface area contributed by atoms with Crippen molar-refractivity contribution in [2.45, 2.75) is 25.2 Å². The van der Waals surface area contributed by atoms with E-state index in [4.69, 9.17) is 22.3 Å². The SMILES string of the molecule is CC1CC(C)CN(C/C(N)=C/C(=Nc2ccccc2Cl)c2ccc(-c3cccc(S(C)(=O)=O)c3)s2)C1. The molecule has 1 aromatic heterocycles. The average molecular weight is 542 g/mol. The molecule has 2 heterocycles. The summed E-state index contributed by atoms with van der Waals surface area (Å²) in [5.74, 6) is 1.31. The van der Waals surface area contributed by atoms with Crippen LogP contribution in [-0.2, 0) is 9.84 Å². The summed E-state index contributed by atoms with van der Waals surface area (Å²) < 4.78 is 24.1. The lowest BCUT2D eigenvalue weighted by Gasteiger charge is -2.34. The lowest BCUT2D eigenvalue weighted by molar-refractivity contribution is 0.151. The molecule has 1 fully saturated rings. The Morgan fingerprint density at radius 1 is 1.11 bits per heavy atom. The fourth-order valence-electron chi connectivity index (χ4n) is 4.74. The van der Waals surface area contributed by atoms with Crippen LogP contribution in [0.3, 0.4) is 0 Å². The van der Waals surface area contributed by atoms with Gasteiger partial charge in [-0.3, -0.25) is 4.90 Å². The second-order valence-electron chi connectivity index (χ2n) is 9.77. The number of nitrogens with zero attached hydrogens (tertiary/aromatic N) is 2. The number of benzene rings is 2. The molecule has 36 heavy (non-hydrogen) atoms. The molecule has 8 heteroatoms. The minimum absolute atomic E-state index is 0.300. The average Bonchev–Trinajstić information content (AvgIpc) is 3.29.